The highest BCUT2D eigenvalue weighted by Crippen LogP contribution is 2.31. The third-order valence-electron chi connectivity index (χ3n) is 4.50. The lowest BCUT2D eigenvalue weighted by Crippen LogP contribution is -2.49. The fraction of sp³-hybridized carbons (Fsp3) is 0.389. The molecule has 1 N–H and O–H groups in total. The van der Waals surface area contributed by atoms with Crippen LogP contribution < -0.4 is 14.4 Å². The first-order chi connectivity index (χ1) is 12.6. The second-order valence-corrected chi connectivity index (χ2v) is 5.92. The van der Waals surface area contributed by atoms with E-state index in [4.69, 9.17) is 9.47 Å². The molecule has 1 saturated heterocycles. The van der Waals surface area contributed by atoms with E-state index >= 15 is 0 Å². The monoisotopic (exact) mass is 358 g/mol. The van der Waals surface area contributed by atoms with E-state index in [0.717, 1.165) is 18.8 Å². The number of ether oxygens (including phenoxy) is 2. The van der Waals surface area contributed by atoms with Gasteiger partial charge in [-0.3, -0.25) is 14.7 Å². The van der Waals surface area contributed by atoms with E-state index in [0.29, 0.717) is 24.5 Å². The molecule has 26 heavy (non-hydrogen) atoms. The molecular formula is C18H22N4O4. The first-order valence-corrected chi connectivity index (χ1v) is 8.34. The quantitative estimate of drug-likeness (QED) is 0.830. The Morgan fingerprint density at radius 1 is 1.08 bits per heavy atom. The fourth-order valence-corrected chi connectivity index (χ4v) is 3.20. The van der Waals surface area contributed by atoms with E-state index in [2.05, 4.69) is 14.9 Å². The molecule has 8 nitrogen and oxygen atoms in total. The van der Waals surface area contributed by atoms with Crippen LogP contribution in [0.5, 0.6) is 11.8 Å². The van der Waals surface area contributed by atoms with Crippen LogP contribution in [0.2, 0.25) is 0 Å². The lowest BCUT2D eigenvalue weighted by Gasteiger charge is -2.38. The van der Waals surface area contributed by atoms with Gasteiger partial charge in [-0.2, -0.15) is 4.98 Å². The molecule has 1 aliphatic rings. The van der Waals surface area contributed by atoms with Crippen molar-refractivity contribution in [3.05, 3.63) is 42.2 Å². The number of hydrogen-bond donors (Lipinski definition) is 1. The molecular weight excluding hydrogens is 336 g/mol. The van der Waals surface area contributed by atoms with Crippen LogP contribution >= 0.6 is 0 Å². The van der Waals surface area contributed by atoms with Crippen molar-refractivity contribution >= 4 is 11.7 Å². The summed E-state index contributed by atoms with van der Waals surface area (Å²) in [5.74, 6) is -0.266. The molecule has 0 saturated carbocycles. The molecule has 138 valence electrons. The Balaban J connectivity index is 1.79. The number of aromatic nitrogens is 2. The van der Waals surface area contributed by atoms with Gasteiger partial charge < -0.3 is 19.5 Å². The molecule has 0 aliphatic carbocycles. The zero-order valence-electron chi connectivity index (χ0n) is 14.8. The molecule has 3 rings (SSSR count). The highest BCUT2D eigenvalue weighted by Gasteiger charge is 2.33. The third-order valence-corrected chi connectivity index (χ3v) is 4.50. The van der Waals surface area contributed by atoms with Gasteiger partial charge in [0, 0.05) is 55.9 Å². The van der Waals surface area contributed by atoms with Crippen molar-refractivity contribution in [2.45, 2.75) is 6.04 Å². The first kappa shape index (κ1) is 17.9. The van der Waals surface area contributed by atoms with Crippen molar-refractivity contribution in [1.29, 1.82) is 0 Å². The van der Waals surface area contributed by atoms with Crippen LogP contribution in [0.4, 0.5) is 5.69 Å². The number of hydrogen-bond acceptors (Lipinski definition) is 7. The number of methoxy groups -OCH3 is 2. The maximum absolute atomic E-state index is 12.0. The van der Waals surface area contributed by atoms with Gasteiger partial charge in [0.05, 0.1) is 14.2 Å². The summed E-state index contributed by atoms with van der Waals surface area (Å²) in [6.07, 6.45) is 3.52. The van der Waals surface area contributed by atoms with Gasteiger partial charge >= 0.3 is 5.97 Å². The smallest absolute Gasteiger partial charge is 0.325 e. The predicted molar refractivity (Wildman–Crippen MR) is 95.7 cm³/mol. The van der Waals surface area contributed by atoms with Crippen molar-refractivity contribution < 1.29 is 19.4 Å². The molecule has 0 amide bonds. The van der Waals surface area contributed by atoms with Gasteiger partial charge in [0.25, 0.3) is 0 Å². The maximum atomic E-state index is 12.0. The summed E-state index contributed by atoms with van der Waals surface area (Å²) in [7, 11) is 2.99. The minimum atomic E-state index is -0.923. The molecule has 0 spiro atoms. The van der Waals surface area contributed by atoms with Gasteiger partial charge in [-0.1, -0.05) is 0 Å². The Kier molecular flexibility index (Phi) is 5.52. The highest BCUT2D eigenvalue weighted by molar-refractivity contribution is 5.76. The van der Waals surface area contributed by atoms with Crippen molar-refractivity contribution in [3.63, 3.8) is 0 Å². The summed E-state index contributed by atoms with van der Waals surface area (Å²) in [5.41, 5.74) is 1.62. The standard InChI is InChI=1S/C18H22N4O4/c1-25-15-4-3-14(17(20-15)26-2)16(18(23)24)22-11-9-21(10-12-22)13-5-7-19-8-6-13/h3-8,16H,9-12H2,1-2H3,(H,23,24)/t16-/m0/s1. The summed E-state index contributed by atoms with van der Waals surface area (Å²) in [5, 5.41) is 9.83. The molecule has 1 atom stereocenters. The number of rotatable bonds is 6. The SMILES string of the molecule is COc1ccc([C@@H](C(=O)O)N2CCN(c3ccncc3)CC2)c(OC)n1. The van der Waals surface area contributed by atoms with Crippen LogP contribution in [0.25, 0.3) is 0 Å². The Labute approximate surface area is 152 Å². The number of piperazine rings is 1. The minimum Gasteiger partial charge on any atom is -0.481 e. The second kappa shape index (κ2) is 8.01. The van der Waals surface area contributed by atoms with Crippen LogP contribution in [0, 0.1) is 0 Å². The predicted octanol–water partition coefficient (Wildman–Crippen LogP) is 1.44. The Bertz CT molecular complexity index is 748. The van der Waals surface area contributed by atoms with Gasteiger partial charge in [-0.15, -0.1) is 0 Å². The van der Waals surface area contributed by atoms with Crippen molar-refractivity contribution in [3.8, 4) is 11.8 Å². The zero-order valence-corrected chi connectivity index (χ0v) is 14.8. The maximum Gasteiger partial charge on any atom is 0.325 e. The minimum absolute atomic E-state index is 0.272. The van der Waals surface area contributed by atoms with Crippen molar-refractivity contribution in [2.75, 3.05) is 45.3 Å². The van der Waals surface area contributed by atoms with E-state index < -0.39 is 12.0 Å². The average Bonchev–Trinajstić information content (AvgIpc) is 2.69. The van der Waals surface area contributed by atoms with Crippen LogP contribution in [0.15, 0.2) is 36.7 Å². The summed E-state index contributed by atoms with van der Waals surface area (Å²) in [6, 6.07) is 6.46. The van der Waals surface area contributed by atoms with E-state index in [1.165, 1.54) is 14.2 Å². The number of pyridine rings is 2. The van der Waals surface area contributed by atoms with Gasteiger partial charge in [0.2, 0.25) is 11.8 Å². The Morgan fingerprint density at radius 2 is 1.77 bits per heavy atom. The molecule has 3 heterocycles. The molecule has 0 aromatic carbocycles. The number of carbonyl (C=O) groups is 1. The molecule has 8 heteroatoms. The van der Waals surface area contributed by atoms with E-state index in [9.17, 15) is 9.90 Å². The lowest BCUT2D eigenvalue weighted by molar-refractivity contribution is -0.143. The lowest BCUT2D eigenvalue weighted by atomic mass is 10.1. The zero-order chi connectivity index (χ0) is 18.5. The third kappa shape index (κ3) is 3.70. The molecule has 2 aromatic heterocycles. The number of nitrogens with zero attached hydrogens (tertiary/aromatic N) is 4. The Morgan fingerprint density at radius 3 is 2.35 bits per heavy atom. The van der Waals surface area contributed by atoms with Crippen LogP contribution in [-0.4, -0.2) is 66.3 Å². The molecule has 2 aromatic rings. The molecule has 0 radical (unpaired) electrons. The normalized spacial score (nSPS) is 16.2. The van der Waals surface area contributed by atoms with E-state index in [1.54, 1.807) is 24.5 Å². The van der Waals surface area contributed by atoms with Gasteiger partial charge in [0.1, 0.15) is 6.04 Å². The summed E-state index contributed by atoms with van der Waals surface area (Å²) in [6.45, 7) is 2.71. The molecule has 1 fully saturated rings. The van der Waals surface area contributed by atoms with Crippen molar-refractivity contribution in [2.24, 2.45) is 0 Å². The summed E-state index contributed by atoms with van der Waals surface area (Å²) < 4.78 is 10.4. The Hall–Kier alpha value is -2.87. The molecule has 1 aliphatic heterocycles. The average molecular weight is 358 g/mol. The van der Waals surface area contributed by atoms with Gasteiger partial charge in [0.15, 0.2) is 0 Å². The number of aliphatic carboxylic acids is 1. The van der Waals surface area contributed by atoms with Crippen LogP contribution in [-0.2, 0) is 4.79 Å². The number of anilines is 1. The van der Waals surface area contributed by atoms with Crippen LogP contribution in [0.3, 0.4) is 0 Å². The summed E-state index contributed by atoms with van der Waals surface area (Å²) in [4.78, 5) is 24.4. The number of carboxylic acids is 1. The summed E-state index contributed by atoms with van der Waals surface area (Å²) >= 11 is 0. The van der Waals surface area contributed by atoms with E-state index in [1.807, 2.05) is 17.0 Å². The van der Waals surface area contributed by atoms with Gasteiger partial charge in [-0.05, 0) is 18.2 Å². The fourth-order valence-electron chi connectivity index (χ4n) is 3.20. The largest absolute Gasteiger partial charge is 0.481 e. The second-order valence-electron chi connectivity index (χ2n) is 5.92. The molecule has 0 unspecified atom stereocenters. The highest BCUT2D eigenvalue weighted by atomic mass is 16.5. The van der Waals surface area contributed by atoms with Gasteiger partial charge in [-0.25, -0.2) is 0 Å². The molecule has 0 bridgehead atoms. The van der Waals surface area contributed by atoms with E-state index in [-0.39, 0.29) is 5.88 Å². The first-order valence-electron chi connectivity index (χ1n) is 8.34. The van der Waals surface area contributed by atoms with Crippen LogP contribution in [0.1, 0.15) is 11.6 Å². The number of carboxylic acid groups (broad SMARTS) is 1. The van der Waals surface area contributed by atoms with Crippen molar-refractivity contribution in [1.82, 2.24) is 14.9 Å². The topological polar surface area (TPSA) is 88.0 Å².